The SMILES string of the molecule is CCC(C)(CNC1CC1)CN(C)c1ccccc1OC. The Bertz CT molecular complexity index is 431. The highest BCUT2D eigenvalue weighted by molar-refractivity contribution is 5.57. The van der Waals surface area contributed by atoms with Gasteiger partial charge in [-0.15, -0.1) is 0 Å². The van der Waals surface area contributed by atoms with Gasteiger partial charge in [0, 0.05) is 26.2 Å². The van der Waals surface area contributed by atoms with Crippen LogP contribution in [0, 0.1) is 5.41 Å². The number of ether oxygens (including phenoxy) is 1. The summed E-state index contributed by atoms with van der Waals surface area (Å²) in [5.41, 5.74) is 1.46. The van der Waals surface area contributed by atoms with Crippen molar-refractivity contribution >= 4 is 5.69 Å². The van der Waals surface area contributed by atoms with E-state index in [2.05, 4.69) is 43.2 Å². The molecule has 3 nitrogen and oxygen atoms in total. The van der Waals surface area contributed by atoms with Crippen molar-refractivity contribution in [3.8, 4) is 5.75 Å². The minimum atomic E-state index is 0.290. The van der Waals surface area contributed by atoms with Crippen molar-refractivity contribution in [1.29, 1.82) is 0 Å². The van der Waals surface area contributed by atoms with Crippen molar-refractivity contribution in [2.45, 2.75) is 39.2 Å². The minimum Gasteiger partial charge on any atom is -0.495 e. The third-order valence-electron chi connectivity index (χ3n) is 4.36. The molecule has 0 amide bonds. The monoisotopic (exact) mass is 276 g/mol. The Kier molecular flexibility index (Phi) is 4.92. The van der Waals surface area contributed by atoms with Crippen LogP contribution in [0.1, 0.15) is 33.1 Å². The summed E-state index contributed by atoms with van der Waals surface area (Å²) in [6.45, 7) is 6.77. The molecule has 1 saturated carbocycles. The van der Waals surface area contributed by atoms with E-state index in [1.54, 1.807) is 7.11 Å². The van der Waals surface area contributed by atoms with Crippen LogP contribution in [0.2, 0.25) is 0 Å². The Labute approximate surface area is 123 Å². The van der Waals surface area contributed by atoms with Gasteiger partial charge < -0.3 is 15.0 Å². The van der Waals surface area contributed by atoms with E-state index in [0.29, 0.717) is 0 Å². The van der Waals surface area contributed by atoms with Gasteiger partial charge in [0.25, 0.3) is 0 Å². The molecule has 2 rings (SSSR count). The molecule has 0 saturated heterocycles. The van der Waals surface area contributed by atoms with Crippen LogP contribution in [0.25, 0.3) is 0 Å². The average Bonchev–Trinajstić information content (AvgIpc) is 3.29. The maximum atomic E-state index is 5.47. The second-order valence-corrected chi connectivity index (χ2v) is 6.35. The van der Waals surface area contributed by atoms with Crippen LogP contribution in [0.3, 0.4) is 0 Å². The number of rotatable bonds is 8. The number of anilines is 1. The normalized spacial score (nSPS) is 17.6. The summed E-state index contributed by atoms with van der Waals surface area (Å²) in [5, 5.41) is 3.68. The Morgan fingerprint density at radius 1 is 1.35 bits per heavy atom. The van der Waals surface area contributed by atoms with E-state index in [9.17, 15) is 0 Å². The van der Waals surface area contributed by atoms with Crippen molar-refractivity contribution in [3.63, 3.8) is 0 Å². The Hall–Kier alpha value is -1.22. The number of para-hydroxylation sites is 2. The molecule has 1 fully saturated rings. The maximum Gasteiger partial charge on any atom is 0.142 e. The molecule has 1 aliphatic carbocycles. The van der Waals surface area contributed by atoms with E-state index in [-0.39, 0.29) is 5.41 Å². The maximum absolute atomic E-state index is 5.47. The predicted octanol–water partition coefficient (Wildman–Crippen LogP) is 3.30. The second kappa shape index (κ2) is 6.49. The van der Waals surface area contributed by atoms with Crippen molar-refractivity contribution in [2.24, 2.45) is 5.41 Å². The first-order chi connectivity index (χ1) is 9.58. The Morgan fingerprint density at radius 2 is 2.05 bits per heavy atom. The van der Waals surface area contributed by atoms with E-state index in [1.807, 2.05) is 12.1 Å². The molecule has 1 atom stereocenters. The first kappa shape index (κ1) is 15.2. The minimum absolute atomic E-state index is 0.290. The lowest BCUT2D eigenvalue weighted by Gasteiger charge is -2.35. The number of hydrogen-bond acceptors (Lipinski definition) is 3. The zero-order chi connectivity index (χ0) is 14.6. The summed E-state index contributed by atoms with van der Waals surface area (Å²) in [4.78, 5) is 2.32. The molecule has 1 aliphatic rings. The zero-order valence-electron chi connectivity index (χ0n) is 13.3. The molecule has 0 aromatic heterocycles. The fourth-order valence-electron chi connectivity index (χ4n) is 2.57. The molecule has 0 spiro atoms. The van der Waals surface area contributed by atoms with E-state index in [0.717, 1.165) is 24.9 Å². The fourth-order valence-corrected chi connectivity index (χ4v) is 2.57. The summed E-state index contributed by atoms with van der Waals surface area (Å²) in [7, 11) is 3.89. The lowest BCUT2D eigenvalue weighted by molar-refractivity contribution is 0.297. The molecule has 3 heteroatoms. The van der Waals surface area contributed by atoms with E-state index >= 15 is 0 Å². The summed E-state index contributed by atoms with van der Waals surface area (Å²) in [6.07, 6.45) is 3.87. The summed E-state index contributed by atoms with van der Waals surface area (Å²) in [6, 6.07) is 9.02. The Balaban J connectivity index is 2.01. The van der Waals surface area contributed by atoms with Gasteiger partial charge in [0.05, 0.1) is 12.8 Å². The zero-order valence-corrected chi connectivity index (χ0v) is 13.3. The van der Waals surface area contributed by atoms with Crippen LogP contribution in [-0.2, 0) is 0 Å². The van der Waals surface area contributed by atoms with Gasteiger partial charge in [-0.2, -0.15) is 0 Å². The summed E-state index contributed by atoms with van der Waals surface area (Å²) >= 11 is 0. The second-order valence-electron chi connectivity index (χ2n) is 6.35. The molecule has 0 aliphatic heterocycles. The van der Waals surface area contributed by atoms with Gasteiger partial charge in [-0.05, 0) is 36.8 Å². The topological polar surface area (TPSA) is 24.5 Å². The smallest absolute Gasteiger partial charge is 0.142 e. The number of nitrogens with one attached hydrogen (secondary N) is 1. The standard InChI is InChI=1S/C17H28N2O/c1-5-17(2,12-18-14-10-11-14)13-19(3)15-8-6-7-9-16(15)20-4/h6-9,14,18H,5,10-13H2,1-4H3. The van der Waals surface area contributed by atoms with Crippen LogP contribution in [0.5, 0.6) is 5.75 Å². The van der Waals surface area contributed by atoms with Crippen LogP contribution >= 0.6 is 0 Å². The molecular weight excluding hydrogens is 248 g/mol. The largest absolute Gasteiger partial charge is 0.495 e. The molecule has 0 radical (unpaired) electrons. The van der Waals surface area contributed by atoms with Gasteiger partial charge in [0.1, 0.15) is 5.75 Å². The highest BCUT2D eigenvalue weighted by Gasteiger charge is 2.28. The molecule has 112 valence electrons. The quantitative estimate of drug-likeness (QED) is 0.788. The highest BCUT2D eigenvalue weighted by Crippen LogP contribution is 2.31. The van der Waals surface area contributed by atoms with E-state index < -0.39 is 0 Å². The molecule has 1 aromatic rings. The lowest BCUT2D eigenvalue weighted by Crippen LogP contribution is -2.41. The average molecular weight is 276 g/mol. The first-order valence-corrected chi connectivity index (χ1v) is 7.65. The number of nitrogens with zero attached hydrogens (tertiary/aromatic N) is 1. The summed E-state index contributed by atoms with van der Waals surface area (Å²) in [5.74, 6) is 0.948. The first-order valence-electron chi connectivity index (χ1n) is 7.65. The molecule has 1 aromatic carbocycles. The molecule has 1 unspecified atom stereocenters. The molecular formula is C17H28N2O. The van der Waals surface area contributed by atoms with Gasteiger partial charge in [-0.3, -0.25) is 0 Å². The van der Waals surface area contributed by atoms with Crippen LogP contribution in [0.4, 0.5) is 5.69 Å². The molecule has 20 heavy (non-hydrogen) atoms. The number of hydrogen-bond donors (Lipinski definition) is 1. The van der Waals surface area contributed by atoms with Crippen LogP contribution in [-0.4, -0.2) is 33.3 Å². The number of methoxy groups -OCH3 is 1. The molecule has 1 N–H and O–H groups in total. The highest BCUT2D eigenvalue weighted by atomic mass is 16.5. The van der Waals surface area contributed by atoms with Gasteiger partial charge in [0.15, 0.2) is 0 Å². The lowest BCUT2D eigenvalue weighted by atomic mass is 9.86. The molecule has 0 heterocycles. The van der Waals surface area contributed by atoms with Gasteiger partial charge >= 0.3 is 0 Å². The van der Waals surface area contributed by atoms with Crippen molar-refractivity contribution < 1.29 is 4.74 Å². The Morgan fingerprint density at radius 3 is 2.65 bits per heavy atom. The summed E-state index contributed by atoms with van der Waals surface area (Å²) < 4.78 is 5.47. The van der Waals surface area contributed by atoms with Gasteiger partial charge in [-0.1, -0.05) is 26.0 Å². The third kappa shape index (κ3) is 3.89. The molecule has 0 bridgehead atoms. The van der Waals surface area contributed by atoms with Crippen molar-refractivity contribution in [2.75, 3.05) is 32.1 Å². The van der Waals surface area contributed by atoms with E-state index in [1.165, 1.54) is 24.9 Å². The predicted molar refractivity (Wildman–Crippen MR) is 85.7 cm³/mol. The number of benzene rings is 1. The van der Waals surface area contributed by atoms with Crippen molar-refractivity contribution in [3.05, 3.63) is 24.3 Å². The van der Waals surface area contributed by atoms with Crippen LogP contribution in [0.15, 0.2) is 24.3 Å². The van der Waals surface area contributed by atoms with Gasteiger partial charge in [-0.25, -0.2) is 0 Å². The van der Waals surface area contributed by atoms with Crippen LogP contribution < -0.4 is 15.0 Å². The third-order valence-corrected chi connectivity index (χ3v) is 4.36. The fraction of sp³-hybridized carbons (Fsp3) is 0.647. The van der Waals surface area contributed by atoms with Gasteiger partial charge in [0.2, 0.25) is 0 Å². The van der Waals surface area contributed by atoms with E-state index in [4.69, 9.17) is 4.74 Å². The van der Waals surface area contributed by atoms with Crippen molar-refractivity contribution in [1.82, 2.24) is 5.32 Å².